The van der Waals surface area contributed by atoms with Crippen LogP contribution in [0.5, 0.6) is 0 Å². The second-order valence-corrected chi connectivity index (χ2v) is 4.49. The molecule has 0 aromatic heterocycles. The molecule has 0 aliphatic heterocycles. The van der Waals surface area contributed by atoms with Gasteiger partial charge in [0.25, 0.3) is 0 Å². The molecule has 0 aromatic carbocycles. The molecule has 92 valence electrons. The molecule has 0 aliphatic rings. The Kier molecular flexibility index (Phi) is 21.5. The van der Waals surface area contributed by atoms with Crippen molar-refractivity contribution in [3.63, 3.8) is 0 Å². The van der Waals surface area contributed by atoms with Crippen LogP contribution in [0.25, 0.3) is 0 Å². The van der Waals surface area contributed by atoms with Crippen molar-refractivity contribution in [3.05, 3.63) is 0 Å². The first kappa shape index (κ1) is 19.0. The zero-order valence-electron chi connectivity index (χ0n) is 12.5. The molecule has 0 atom stereocenters. The number of carbonyl (C=O) groups excluding carboxylic acids is 1. The third kappa shape index (κ3) is 17.1. The van der Waals surface area contributed by atoms with Crippen LogP contribution in [0.2, 0.25) is 0 Å². The van der Waals surface area contributed by atoms with Crippen molar-refractivity contribution in [2.45, 2.75) is 84.0 Å². The van der Waals surface area contributed by atoms with Crippen LogP contribution in [0, 0.1) is 0 Å². The van der Waals surface area contributed by atoms with Gasteiger partial charge in [-0.2, -0.15) is 0 Å². The van der Waals surface area contributed by atoms with Gasteiger partial charge >= 0.3 is 29.6 Å². The van der Waals surface area contributed by atoms with Gasteiger partial charge in [-0.3, -0.25) is 0 Å². The van der Waals surface area contributed by atoms with E-state index >= 15 is 0 Å². The summed E-state index contributed by atoms with van der Waals surface area (Å²) >= 11 is 0. The SMILES string of the molecule is CCCCCCCCCCCCCC=O.[H-].[Na+]. The number of hydrogen-bond donors (Lipinski definition) is 0. The van der Waals surface area contributed by atoms with E-state index in [2.05, 4.69) is 6.92 Å². The fraction of sp³-hybridized carbons (Fsp3) is 0.929. The first-order chi connectivity index (χ1) is 7.41. The normalized spacial score (nSPS) is 9.81. The van der Waals surface area contributed by atoms with E-state index in [1.54, 1.807) is 0 Å². The number of unbranched alkanes of at least 4 members (excludes halogenated alkanes) is 11. The van der Waals surface area contributed by atoms with E-state index in [0.29, 0.717) is 0 Å². The minimum atomic E-state index is 0. The van der Waals surface area contributed by atoms with E-state index in [1.807, 2.05) is 0 Å². The van der Waals surface area contributed by atoms with Crippen LogP contribution in [-0.2, 0) is 4.79 Å². The Bertz CT molecular complexity index is 131. The van der Waals surface area contributed by atoms with Gasteiger partial charge in [0.15, 0.2) is 0 Å². The van der Waals surface area contributed by atoms with Crippen molar-refractivity contribution in [2.24, 2.45) is 0 Å². The van der Waals surface area contributed by atoms with Gasteiger partial charge < -0.3 is 6.22 Å². The summed E-state index contributed by atoms with van der Waals surface area (Å²) in [6, 6.07) is 0. The third-order valence-electron chi connectivity index (χ3n) is 2.93. The Morgan fingerprint density at radius 3 is 1.50 bits per heavy atom. The summed E-state index contributed by atoms with van der Waals surface area (Å²) in [6.45, 7) is 2.26. The first-order valence-corrected chi connectivity index (χ1v) is 6.85. The first-order valence-electron chi connectivity index (χ1n) is 6.85. The number of hydrogen-bond acceptors (Lipinski definition) is 1. The average Bonchev–Trinajstić information content (AvgIpc) is 2.26. The largest absolute Gasteiger partial charge is 1.00 e. The Hall–Kier alpha value is 0.670. The van der Waals surface area contributed by atoms with Crippen LogP contribution >= 0.6 is 0 Å². The fourth-order valence-corrected chi connectivity index (χ4v) is 1.89. The zero-order chi connectivity index (χ0) is 11.2. The summed E-state index contributed by atoms with van der Waals surface area (Å²) < 4.78 is 0. The molecule has 0 bridgehead atoms. The Morgan fingerprint density at radius 2 is 1.12 bits per heavy atom. The van der Waals surface area contributed by atoms with Gasteiger partial charge in [-0.1, -0.05) is 71.1 Å². The molecule has 0 spiro atoms. The molecule has 0 radical (unpaired) electrons. The topological polar surface area (TPSA) is 17.1 Å². The van der Waals surface area contributed by atoms with E-state index in [0.717, 1.165) is 19.1 Å². The molecular weight excluding hydrogens is 207 g/mol. The van der Waals surface area contributed by atoms with Gasteiger partial charge in [-0.15, -0.1) is 0 Å². The number of rotatable bonds is 12. The molecule has 16 heavy (non-hydrogen) atoms. The van der Waals surface area contributed by atoms with Crippen molar-refractivity contribution < 1.29 is 35.8 Å². The second kappa shape index (κ2) is 18.0. The molecule has 0 saturated carbocycles. The van der Waals surface area contributed by atoms with Gasteiger partial charge in [0, 0.05) is 6.42 Å². The summed E-state index contributed by atoms with van der Waals surface area (Å²) in [5.41, 5.74) is 0. The maximum Gasteiger partial charge on any atom is 1.00 e. The minimum absolute atomic E-state index is 0. The van der Waals surface area contributed by atoms with E-state index in [1.165, 1.54) is 64.2 Å². The summed E-state index contributed by atoms with van der Waals surface area (Å²) in [7, 11) is 0. The molecule has 1 nitrogen and oxygen atoms in total. The van der Waals surface area contributed by atoms with E-state index < -0.39 is 0 Å². The number of aldehydes is 1. The van der Waals surface area contributed by atoms with Gasteiger partial charge in [0.1, 0.15) is 6.29 Å². The van der Waals surface area contributed by atoms with Crippen molar-refractivity contribution in [3.8, 4) is 0 Å². The molecule has 2 heteroatoms. The maximum absolute atomic E-state index is 10.1. The molecular formula is C14H29NaO. The Balaban J connectivity index is -0.000000980. The quantitative estimate of drug-likeness (QED) is 0.288. The van der Waals surface area contributed by atoms with Gasteiger partial charge in [-0.05, 0) is 6.42 Å². The fourth-order valence-electron chi connectivity index (χ4n) is 1.89. The van der Waals surface area contributed by atoms with Crippen molar-refractivity contribution in [1.29, 1.82) is 0 Å². The summed E-state index contributed by atoms with van der Waals surface area (Å²) in [5, 5.41) is 0. The monoisotopic (exact) mass is 236 g/mol. The molecule has 0 fully saturated rings. The molecule has 0 aliphatic carbocycles. The standard InChI is InChI=1S/C14H28O.Na.H/c1-2-3-4-5-6-7-8-9-10-11-12-13-14-15;;/h14H,2-13H2,1H3;;/q;+1;-1. The molecule has 0 amide bonds. The van der Waals surface area contributed by atoms with Gasteiger partial charge in [0.05, 0.1) is 0 Å². The van der Waals surface area contributed by atoms with Crippen LogP contribution in [-0.4, -0.2) is 6.29 Å². The Labute approximate surface area is 126 Å². The van der Waals surface area contributed by atoms with Crippen molar-refractivity contribution >= 4 is 6.29 Å². The third-order valence-corrected chi connectivity index (χ3v) is 2.93. The maximum atomic E-state index is 10.1. The molecule has 0 N–H and O–H groups in total. The van der Waals surface area contributed by atoms with Crippen LogP contribution in [0.15, 0.2) is 0 Å². The summed E-state index contributed by atoms with van der Waals surface area (Å²) in [6.07, 6.45) is 16.7. The Morgan fingerprint density at radius 1 is 0.750 bits per heavy atom. The minimum Gasteiger partial charge on any atom is -1.00 e. The molecule has 0 aromatic rings. The summed E-state index contributed by atoms with van der Waals surface area (Å²) in [4.78, 5) is 10.1. The van der Waals surface area contributed by atoms with E-state index in [-0.39, 0.29) is 31.0 Å². The molecule has 0 heterocycles. The molecule has 0 saturated heterocycles. The van der Waals surface area contributed by atoms with Crippen LogP contribution in [0.3, 0.4) is 0 Å². The molecule has 0 rings (SSSR count). The van der Waals surface area contributed by atoms with Crippen LogP contribution in [0.1, 0.15) is 85.4 Å². The smallest absolute Gasteiger partial charge is 1.00 e. The second-order valence-electron chi connectivity index (χ2n) is 4.49. The van der Waals surface area contributed by atoms with Crippen LogP contribution in [0.4, 0.5) is 0 Å². The van der Waals surface area contributed by atoms with Crippen LogP contribution < -0.4 is 29.6 Å². The zero-order valence-corrected chi connectivity index (χ0v) is 13.5. The van der Waals surface area contributed by atoms with E-state index in [9.17, 15) is 4.79 Å². The average molecular weight is 236 g/mol. The van der Waals surface area contributed by atoms with Crippen molar-refractivity contribution in [2.75, 3.05) is 0 Å². The molecule has 0 unspecified atom stereocenters. The van der Waals surface area contributed by atoms with Crippen molar-refractivity contribution in [1.82, 2.24) is 0 Å². The van der Waals surface area contributed by atoms with E-state index in [4.69, 9.17) is 0 Å². The predicted octanol–water partition coefficient (Wildman–Crippen LogP) is 2.00. The number of carbonyl (C=O) groups is 1. The predicted molar refractivity (Wildman–Crippen MR) is 68.3 cm³/mol. The van der Waals surface area contributed by atoms with Gasteiger partial charge in [-0.25, -0.2) is 0 Å². The summed E-state index contributed by atoms with van der Waals surface area (Å²) in [5.74, 6) is 0. The van der Waals surface area contributed by atoms with Gasteiger partial charge in [0.2, 0.25) is 0 Å².